The maximum atomic E-state index is 9.92. The van der Waals surface area contributed by atoms with Gasteiger partial charge in [-0.3, -0.25) is 0 Å². The highest BCUT2D eigenvalue weighted by Crippen LogP contribution is 2.32. The largest absolute Gasteiger partial charge is 0.389 e. The van der Waals surface area contributed by atoms with Gasteiger partial charge in [0.2, 0.25) is 0 Å². The SMILES string of the molecule is CCCC1CCCCN1c1ccccc1[C@H](C)O. The van der Waals surface area contributed by atoms with E-state index in [-0.39, 0.29) is 6.10 Å². The molecule has 1 fully saturated rings. The predicted molar refractivity (Wildman–Crippen MR) is 77.0 cm³/mol. The second-order valence-electron chi connectivity index (χ2n) is 5.37. The maximum Gasteiger partial charge on any atom is 0.0781 e. The smallest absolute Gasteiger partial charge is 0.0781 e. The molecule has 2 rings (SSSR count). The zero-order valence-corrected chi connectivity index (χ0v) is 11.6. The number of aliphatic hydroxyl groups is 1. The summed E-state index contributed by atoms with van der Waals surface area (Å²) in [7, 11) is 0. The molecule has 100 valence electrons. The number of para-hydroxylation sites is 1. The lowest BCUT2D eigenvalue weighted by Crippen LogP contribution is -2.40. The molecule has 1 unspecified atom stereocenters. The van der Waals surface area contributed by atoms with Crippen LogP contribution in [0.4, 0.5) is 5.69 Å². The van der Waals surface area contributed by atoms with Gasteiger partial charge in [-0.25, -0.2) is 0 Å². The second kappa shape index (κ2) is 6.24. The topological polar surface area (TPSA) is 23.5 Å². The van der Waals surface area contributed by atoms with Gasteiger partial charge in [-0.2, -0.15) is 0 Å². The summed E-state index contributed by atoms with van der Waals surface area (Å²) in [6.07, 6.45) is 6.02. The zero-order chi connectivity index (χ0) is 13.0. The molecule has 0 radical (unpaired) electrons. The van der Waals surface area contributed by atoms with Crippen LogP contribution in [0.15, 0.2) is 24.3 Å². The molecule has 0 amide bonds. The number of rotatable bonds is 4. The molecule has 0 spiro atoms. The van der Waals surface area contributed by atoms with E-state index in [1.165, 1.54) is 37.8 Å². The van der Waals surface area contributed by atoms with E-state index in [1.807, 2.05) is 13.0 Å². The van der Waals surface area contributed by atoms with Gasteiger partial charge in [0.05, 0.1) is 6.10 Å². The van der Waals surface area contributed by atoms with Crippen molar-refractivity contribution in [1.82, 2.24) is 0 Å². The van der Waals surface area contributed by atoms with Crippen LogP contribution in [0, 0.1) is 0 Å². The molecule has 2 heteroatoms. The number of hydrogen-bond donors (Lipinski definition) is 1. The Labute approximate surface area is 111 Å². The fourth-order valence-corrected chi connectivity index (χ4v) is 3.05. The standard InChI is InChI=1S/C16H25NO/c1-3-8-14-9-6-7-12-17(14)16-11-5-4-10-15(16)13(2)18/h4-5,10-11,13-14,18H,3,6-9,12H2,1-2H3/t13-,14?/m0/s1. The van der Waals surface area contributed by atoms with Gasteiger partial charge < -0.3 is 10.0 Å². The second-order valence-corrected chi connectivity index (χ2v) is 5.37. The summed E-state index contributed by atoms with van der Waals surface area (Å²) in [5.74, 6) is 0. The van der Waals surface area contributed by atoms with Gasteiger partial charge >= 0.3 is 0 Å². The Kier molecular flexibility index (Phi) is 4.65. The third kappa shape index (κ3) is 2.86. The molecule has 1 aromatic rings. The molecular formula is C16H25NO. The van der Waals surface area contributed by atoms with Crippen LogP contribution in [-0.4, -0.2) is 17.7 Å². The zero-order valence-electron chi connectivity index (χ0n) is 11.6. The van der Waals surface area contributed by atoms with Crippen LogP contribution in [-0.2, 0) is 0 Å². The molecule has 1 saturated heterocycles. The van der Waals surface area contributed by atoms with Crippen molar-refractivity contribution in [3.63, 3.8) is 0 Å². The Bertz CT molecular complexity index is 373. The summed E-state index contributed by atoms with van der Waals surface area (Å²) in [4.78, 5) is 2.52. The molecule has 1 aromatic carbocycles. The summed E-state index contributed by atoms with van der Waals surface area (Å²) in [6.45, 7) is 5.25. The average molecular weight is 247 g/mol. The number of piperidine rings is 1. The Hall–Kier alpha value is -1.02. The van der Waals surface area contributed by atoms with Crippen molar-refractivity contribution >= 4 is 5.69 Å². The van der Waals surface area contributed by atoms with Gasteiger partial charge in [-0.1, -0.05) is 31.5 Å². The number of aliphatic hydroxyl groups excluding tert-OH is 1. The first-order valence-corrected chi connectivity index (χ1v) is 7.27. The van der Waals surface area contributed by atoms with Crippen molar-refractivity contribution in [2.24, 2.45) is 0 Å². The minimum Gasteiger partial charge on any atom is -0.389 e. The lowest BCUT2D eigenvalue weighted by molar-refractivity contribution is 0.199. The van der Waals surface area contributed by atoms with E-state index in [0.29, 0.717) is 6.04 Å². The van der Waals surface area contributed by atoms with Crippen molar-refractivity contribution < 1.29 is 5.11 Å². The molecule has 1 aliphatic rings. The van der Waals surface area contributed by atoms with E-state index in [2.05, 4.69) is 30.0 Å². The molecule has 2 atom stereocenters. The summed E-state index contributed by atoms with van der Waals surface area (Å²) < 4.78 is 0. The third-order valence-electron chi connectivity index (χ3n) is 3.95. The van der Waals surface area contributed by atoms with Crippen molar-refractivity contribution in [1.29, 1.82) is 0 Å². The fourth-order valence-electron chi connectivity index (χ4n) is 3.05. The highest BCUT2D eigenvalue weighted by Gasteiger charge is 2.24. The first-order valence-electron chi connectivity index (χ1n) is 7.27. The molecule has 1 heterocycles. The Morgan fingerprint density at radius 2 is 2.11 bits per heavy atom. The molecular weight excluding hydrogens is 222 g/mol. The summed E-state index contributed by atoms with van der Waals surface area (Å²) in [6, 6.07) is 8.97. The van der Waals surface area contributed by atoms with Crippen LogP contribution >= 0.6 is 0 Å². The first-order chi connectivity index (χ1) is 8.74. The Morgan fingerprint density at radius 1 is 1.33 bits per heavy atom. The molecule has 2 nitrogen and oxygen atoms in total. The van der Waals surface area contributed by atoms with E-state index in [1.54, 1.807) is 0 Å². The van der Waals surface area contributed by atoms with Gasteiger partial charge in [0, 0.05) is 23.8 Å². The highest BCUT2D eigenvalue weighted by molar-refractivity contribution is 5.55. The number of nitrogens with zero attached hydrogens (tertiary/aromatic N) is 1. The lowest BCUT2D eigenvalue weighted by atomic mass is 9.95. The van der Waals surface area contributed by atoms with Gasteiger partial charge in [0.1, 0.15) is 0 Å². The van der Waals surface area contributed by atoms with Crippen molar-refractivity contribution in [2.45, 2.75) is 58.1 Å². The monoisotopic (exact) mass is 247 g/mol. The Morgan fingerprint density at radius 3 is 2.83 bits per heavy atom. The van der Waals surface area contributed by atoms with Gasteiger partial charge in [0.15, 0.2) is 0 Å². The maximum absolute atomic E-state index is 9.92. The van der Waals surface area contributed by atoms with E-state index in [9.17, 15) is 5.11 Å². The van der Waals surface area contributed by atoms with Crippen LogP contribution in [0.25, 0.3) is 0 Å². The van der Waals surface area contributed by atoms with Gasteiger partial charge in [0.25, 0.3) is 0 Å². The van der Waals surface area contributed by atoms with E-state index >= 15 is 0 Å². The number of benzene rings is 1. The molecule has 1 aliphatic heterocycles. The van der Waals surface area contributed by atoms with Crippen LogP contribution < -0.4 is 4.90 Å². The van der Waals surface area contributed by atoms with E-state index in [0.717, 1.165) is 12.1 Å². The minimum absolute atomic E-state index is 0.384. The van der Waals surface area contributed by atoms with Crippen molar-refractivity contribution in [3.8, 4) is 0 Å². The lowest BCUT2D eigenvalue weighted by Gasteiger charge is -2.39. The normalized spacial score (nSPS) is 21.9. The minimum atomic E-state index is -0.384. The molecule has 18 heavy (non-hydrogen) atoms. The predicted octanol–water partition coefficient (Wildman–Crippen LogP) is 3.90. The third-order valence-corrected chi connectivity index (χ3v) is 3.95. The van der Waals surface area contributed by atoms with Crippen LogP contribution in [0.1, 0.15) is 57.6 Å². The van der Waals surface area contributed by atoms with Gasteiger partial charge in [-0.15, -0.1) is 0 Å². The Balaban J connectivity index is 2.27. The molecule has 0 aromatic heterocycles. The highest BCUT2D eigenvalue weighted by atomic mass is 16.3. The molecule has 0 bridgehead atoms. The van der Waals surface area contributed by atoms with Crippen molar-refractivity contribution in [2.75, 3.05) is 11.4 Å². The average Bonchev–Trinajstić information content (AvgIpc) is 2.40. The van der Waals surface area contributed by atoms with E-state index < -0.39 is 0 Å². The van der Waals surface area contributed by atoms with E-state index in [4.69, 9.17) is 0 Å². The fraction of sp³-hybridized carbons (Fsp3) is 0.625. The molecule has 1 N–H and O–H groups in total. The summed E-state index contributed by atoms with van der Waals surface area (Å²) >= 11 is 0. The number of hydrogen-bond acceptors (Lipinski definition) is 2. The molecule has 0 aliphatic carbocycles. The quantitative estimate of drug-likeness (QED) is 0.872. The van der Waals surface area contributed by atoms with Crippen LogP contribution in [0.3, 0.4) is 0 Å². The van der Waals surface area contributed by atoms with Crippen molar-refractivity contribution in [3.05, 3.63) is 29.8 Å². The first kappa shape index (κ1) is 13.4. The number of anilines is 1. The summed E-state index contributed by atoms with van der Waals surface area (Å²) in [5, 5.41) is 9.92. The summed E-state index contributed by atoms with van der Waals surface area (Å²) in [5.41, 5.74) is 2.31. The van der Waals surface area contributed by atoms with Gasteiger partial charge in [-0.05, 0) is 38.7 Å². The van der Waals surface area contributed by atoms with Crippen LogP contribution in [0.2, 0.25) is 0 Å². The van der Waals surface area contributed by atoms with Crippen LogP contribution in [0.5, 0.6) is 0 Å². The molecule has 0 saturated carbocycles.